The van der Waals surface area contributed by atoms with Crippen molar-refractivity contribution in [3.05, 3.63) is 77.1 Å². The molecule has 0 fully saturated rings. The van der Waals surface area contributed by atoms with Crippen molar-refractivity contribution in [2.24, 2.45) is 0 Å². The first-order valence-corrected chi connectivity index (χ1v) is 9.17. The van der Waals surface area contributed by atoms with E-state index in [-0.39, 0.29) is 11.7 Å². The fourth-order valence-electron chi connectivity index (χ4n) is 3.07. The SMILES string of the molecule is CCCc1nn(-c2ccc(F)cc2)c(CC)c1C(=O)NCc1ccncc1. The Bertz CT molecular complexity index is 904. The van der Waals surface area contributed by atoms with Crippen molar-refractivity contribution in [1.29, 1.82) is 0 Å². The first kappa shape index (κ1) is 18.8. The zero-order valence-corrected chi connectivity index (χ0v) is 15.6. The normalized spacial score (nSPS) is 10.8. The summed E-state index contributed by atoms with van der Waals surface area (Å²) in [6.45, 7) is 4.48. The van der Waals surface area contributed by atoms with Gasteiger partial charge in [0.25, 0.3) is 5.91 Å². The Hall–Kier alpha value is -3.02. The van der Waals surface area contributed by atoms with Crippen LogP contribution in [0.3, 0.4) is 0 Å². The van der Waals surface area contributed by atoms with Crippen LogP contribution in [-0.2, 0) is 19.4 Å². The molecule has 2 aromatic heterocycles. The molecule has 0 atom stereocenters. The number of hydrogen-bond acceptors (Lipinski definition) is 3. The highest BCUT2D eigenvalue weighted by atomic mass is 19.1. The highest BCUT2D eigenvalue weighted by Gasteiger charge is 2.23. The van der Waals surface area contributed by atoms with Crippen LogP contribution in [0.5, 0.6) is 0 Å². The summed E-state index contributed by atoms with van der Waals surface area (Å²) in [6.07, 6.45) is 5.64. The van der Waals surface area contributed by atoms with E-state index in [9.17, 15) is 9.18 Å². The Labute approximate surface area is 158 Å². The van der Waals surface area contributed by atoms with Crippen LogP contribution in [0.15, 0.2) is 48.8 Å². The lowest BCUT2D eigenvalue weighted by Gasteiger charge is -2.09. The Morgan fingerprint density at radius 2 is 1.81 bits per heavy atom. The van der Waals surface area contributed by atoms with Gasteiger partial charge in [-0.1, -0.05) is 20.3 Å². The summed E-state index contributed by atoms with van der Waals surface area (Å²) in [5.41, 5.74) is 3.96. The van der Waals surface area contributed by atoms with Crippen LogP contribution in [0.1, 0.15) is 47.6 Å². The van der Waals surface area contributed by atoms with Gasteiger partial charge in [0.15, 0.2) is 0 Å². The molecule has 6 heteroatoms. The summed E-state index contributed by atoms with van der Waals surface area (Å²) in [7, 11) is 0. The molecule has 27 heavy (non-hydrogen) atoms. The van der Waals surface area contributed by atoms with Crippen molar-refractivity contribution in [2.75, 3.05) is 0 Å². The van der Waals surface area contributed by atoms with E-state index in [0.717, 1.165) is 29.1 Å². The van der Waals surface area contributed by atoms with Gasteiger partial charge < -0.3 is 5.32 Å². The molecule has 0 saturated heterocycles. The third-order valence-electron chi connectivity index (χ3n) is 4.38. The first-order valence-electron chi connectivity index (χ1n) is 9.17. The molecule has 0 saturated carbocycles. The molecule has 0 radical (unpaired) electrons. The summed E-state index contributed by atoms with van der Waals surface area (Å²) in [4.78, 5) is 16.9. The van der Waals surface area contributed by atoms with Gasteiger partial charge in [0.1, 0.15) is 5.82 Å². The number of hydrogen-bond donors (Lipinski definition) is 1. The fourth-order valence-corrected chi connectivity index (χ4v) is 3.07. The van der Waals surface area contributed by atoms with Gasteiger partial charge in [-0.3, -0.25) is 9.78 Å². The predicted octanol–water partition coefficient (Wildman–Crippen LogP) is 3.85. The molecule has 2 heterocycles. The van der Waals surface area contributed by atoms with Gasteiger partial charge in [0.2, 0.25) is 0 Å². The number of nitrogens with zero attached hydrogens (tertiary/aromatic N) is 3. The molecule has 3 aromatic rings. The highest BCUT2D eigenvalue weighted by Crippen LogP contribution is 2.21. The average molecular weight is 366 g/mol. The van der Waals surface area contributed by atoms with Gasteiger partial charge in [-0.2, -0.15) is 5.10 Å². The second-order valence-electron chi connectivity index (χ2n) is 6.30. The summed E-state index contributed by atoms with van der Waals surface area (Å²) < 4.78 is 15.0. The van der Waals surface area contributed by atoms with E-state index in [1.165, 1.54) is 12.1 Å². The molecule has 5 nitrogen and oxygen atoms in total. The van der Waals surface area contributed by atoms with Gasteiger partial charge >= 0.3 is 0 Å². The number of carbonyl (C=O) groups excluding carboxylic acids is 1. The summed E-state index contributed by atoms with van der Waals surface area (Å²) in [5.74, 6) is -0.437. The van der Waals surface area contributed by atoms with Crippen LogP contribution in [0.25, 0.3) is 5.69 Å². The number of aryl methyl sites for hydroxylation is 1. The molecule has 1 aromatic carbocycles. The maximum atomic E-state index is 13.3. The Kier molecular flexibility index (Phi) is 5.96. The largest absolute Gasteiger partial charge is 0.348 e. The summed E-state index contributed by atoms with van der Waals surface area (Å²) in [6, 6.07) is 9.90. The van der Waals surface area contributed by atoms with Crippen LogP contribution < -0.4 is 5.32 Å². The molecule has 0 spiro atoms. The number of aromatic nitrogens is 3. The zero-order chi connectivity index (χ0) is 19.2. The second-order valence-corrected chi connectivity index (χ2v) is 6.30. The van der Waals surface area contributed by atoms with Gasteiger partial charge in [-0.05, 0) is 54.8 Å². The summed E-state index contributed by atoms with van der Waals surface area (Å²) in [5, 5.41) is 7.65. The van der Waals surface area contributed by atoms with Crippen molar-refractivity contribution >= 4 is 5.91 Å². The first-order chi connectivity index (χ1) is 13.1. The van der Waals surface area contributed by atoms with E-state index >= 15 is 0 Å². The quantitative estimate of drug-likeness (QED) is 0.691. The molecule has 0 aliphatic rings. The maximum Gasteiger partial charge on any atom is 0.255 e. The van der Waals surface area contributed by atoms with Gasteiger partial charge in [0.05, 0.1) is 22.6 Å². The van der Waals surface area contributed by atoms with Crippen LogP contribution >= 0.6 is 0 Å². The van der Waals surface area contributed by atoms with E-state index in [1.807, 2.05) is 19.1 Å². The molecule has 3 rings (SSSR count). The predicted molar refractivity (Wildman–Crippen MR) is 102 cm³/mol. The number of halogens is 1. The molecule has 0 aliphatic carbocycles. The Morgan fingerprint density at radius 1 is 1.11 bits per heavy atom. The number of pyridine rings is 1. The number of amides is 1. The topological polar surface area (TPSA) is 59.8 Å². The van der Waals surface area contributed by atoms with Crippen LogP contribution in [0.4, 0.5) is 4.39 Å². The van der Waals surface area contributed by atoms with Gasteiger partial charge in [-0.25, -0.2) is 9.07 Å². The third-order valence-corrected chi connectivity index (χ3v) is 4.38. The smallest absolute Gasteiger partial charge is 0.255 e. The van der Waals surface area contributed by atoms with Crippen LogP contribution in [-0.4, -0.2) is 20.7 Å². The molecular weight excluding hydrogens is 343 g/mol. The van der Waals surface area contributed by atoms with E-state index in [2.05, 4.69) is 22.3 Å². The standard InChI is InChI=1S/C21H23FN4O/c1-3-5-18-20(21(27)24-14-15-10-12-23-13-11-15)19(4-2)26(25-18)17-8-6-16(22)7-9-17/h6-13H,3-5,14H2,1-2H3,(H,24,27). The molecule has 0 bridgehead atoms. The fraction of sp³-hybridized carbons (Fsp3) is 0.286. The van der Waals surface area contributed by atoms with Crippen molar-refractivity contribution in [3.8, 4) is 5.69 Å². The molecule has 0 aliphatic heterocycles. The molecule has 140 valence electrons. The van der Waals surface area contributed by atoms with E-state index < -0.39 is 0 Å². The molecular formula is C21H23FN4O. The maximum absolute atomic E-state index is 13.3. The Balaban J connectivity index is 1.94. The van der Waals surface area contributed by atoms with E-state index in [4.69, 9.17) is 0 Å². The third kappa shape index (κ3) is 4.22. The number of rotatable bonds is 7. The molecule has 1 N–H and O–H groups in total. The molecule has 0 unspecified atom stereocenters. The number of nitrogens with one attached hydrogen (secondary N) is 1. The van der Waals surface area contributed by atoms with Crippen LogP contribution in [0, 0.1) is 5.82 Å². The second kappa shape index (κ2) is 8.58. The minimum absolute atomic E-state index is 0.138. The average Bonchev–Trinajstić information content (AvgIpc) is 3.06. The Morgan fingerprint density at radius 3 is 2.44 bits per heavy atom. The lowest BCUT2D eigenvalue weighted by atomic mass is 10.1. The molecule has 1 amide bonds. The zero-order valence-electron chi connectivity index (χ0n) is 15.6. The van der Waals surface area contributed by atoms with Crippen molar-refractivity contribution < 1.29 is 9.18 Å². The minimum atomic E-state index is -0.298. The summed E-state index contributed by atoms with van der Waals surface area (Å²) >= 11 is 0. The lowest BCUT2D eigenvalue weighted by molar-refractivity contribution is 0.0949. The van der Waals surface area contributed by atoms with E-state index in [0.29, 0.717) is 24.9 Å². The monoisotopic (exact) mass is 366 g/mol. The number of benzene rings is 1. The van der Waals surface area contributed by atoms with Gasteiger partial charge in [-0.15, -0.1) is 0 Å². The van der Waals surface area contributed by atoms with Crippen molar-refractivity contribution in [2.45, 2.75) is 39.7 Å². The number of carbonyl (C=O) groups is 1. The van der Waals surface area contributed by atoms with Crippen molar-refractivity contribution in [1.82, 2.24) is 20.1 Å². The van der Waals surface area contributed by atoms with E-state index in [1.54, 1.807) is 29.2 Å². The highest BCUT2D eigenvalue weighted by molar-refractivity contribution is 5.96. The van der Waals surface area contributed by atoms with Crippen LogP contribution in [0.2, 0.25) is 0 Å². The van der Waals surface area contributed by atoms with Gasteiger partial charge in [0, 0.05) is 18.9 Å². The van der Waals surface area contributed by atoms with Crippen molar-refractivity contribution in [3.63, 3.8) is 0 Å². The minimum Gasteiger partial charge on any atom is -0.348 e. The lowest BCUT2D eigenvalue weighted by Crippen LogP contribution is -2.24.